The van der Waals surface area contributed by atoms with Crippen molar-refractivity contribution in [1.82, 2.24) is 19.6 Å². The van der Waals surface area contributed by atoms with Crippen LogP contribution in [0.5, 0.6) is 5.75 Å². The van der Waals surface area contributed by atoms with E-state index in [-0.39, 0.29) is 24.4 Å². The number of benzene rings is 2. The van der Waals surface area contributed by atoms with Gasteiger partial charge < -0.3 is 9.64 Å². The summed E-state index contributed by atoms with van der Waals surface area (Å²) in [6.07, 6.45) is 0.262. The minimum Gasteiger partial charge on any atom is -0.497 e. The molecule has 1 saturated heterocycles. The maximum absolute atomic E-state index is 12.7. The molecule has 0 radical (unpaired) electrons. The first-order chi connectivity index (χ1) is 15.6. The fourth-order valence-corrected chi connectivity index (χ4v) is 3.88. The lowest BCUT2D eigenvalue weighted by Crippen LogP contribution is -2.48. The summed E-state index contributed by atoms with van der Waals surface area (Å²) in [6.45, 7) is 4.30. The van der Waals surface area contributed by atoms with Gasteiger partial charge in [0.2, 0.25) is 5.91 Å². The van der Waals surface area contributed by atoms with Crippen LogP contribution in [0.1, 0.15) is 12.0 Å². The van der Waals surface area contributed by atoms with E-state index < -0.39 is 0 Å². The highest BCUT2D eigenvalue weighted by Crippen LogP contribution is 2.19. The van der Waals surface area contributed by atoms with E-state index in [0.717, 1.165) is 30.9 Å². The lowest BCUT2D eigenvalue weighted by Gasteiger charge is -2.34. The van der Waals surface area contributed by atoms with Gasteiger partial charge in [-0.25, -0.2) is 4.68 Å². The maximum Gasteiger partial charge on any atom is 0.266 e. The number of carbonyl (C=O) groups is 1. The predicted molar refractivity (Wildman–Crippen MR) is 123 cm³/mol. The molecular weight excluding hydrogens is 404 g/mol. The van der Waals surface area contributed by atoms with Crippen LogP contribution in [-0.2, 0) is 17.9 Å². The largest absolute Gasteiger partial charge is 0.497 e. The molecule has 3 aromatic rings. The Hall–Kier alpha value is -3.45. The van der Waals surface area contributed by atoms with Gasteiger partial charge in [0.25, 0.3) is 5.56 Å². The number of hydrogen-bond acceptors (Lipinski definition) is 5. The number of piperazine rings is 1. The van der Waals surface area contributed by atoms with Crippen molar-refractivity contribution in [2.75, 3.05) is 33.3 Å². The van der Waals surface area contributed by atoms with Crippen LogP contribution in [0.3, 0.4) is 0 Å². The summed E-state index contributed by atoms with van der Waals surface area (Å²) in [5, 5.41) is 4.46. The Morgan fingerprint density at radius 1 is 0.938 bits per heavy atom. The molecule has 1 aliphatic rings. The van der Waals surface area contributed by atoms with Crippen LogP contribution in [0.25, 0.3) is 11.3 Å². The van der Waals surface area contributed by atoms with E-state index >= 15 is 0 Å². The van der Waals surface area contributed by atoms with E-state index in [9.17, 15) is 9.59 Å². The Balaban J connectivity index is 1.31. The Morgan fingerprint density at radius 3 is 2.34 bits per heavy atom. The fraction of sp³-hybridized carbons (Fsp3) is 0.320. The quantitative estimate of drug-likeness (QED) is 0.574. The third kappa shape index (κ3) is 5.42. The highest BCUT2D eigenvalue weighted by atomic mass is 16.5. The molecule has 32 heavy (non-hydrogen) atoms. The van der Waals surface area contributed by atoms with Crippen LogP contribution in [0, 0.1) is 0 Å². The van der Waals surface area contributed by atoms with Crippen molar-refractivity contribution in [2.24, 2.45) is 0 Å². The van der Waals surface area contributed by atoms with Gasteiger partial charge in [0.05, 0.1) is 19.3 Å². The van der Waals surface area contributed by atoms with Gasteiger partial charge in [-0.3, -0.25) is 14.5 Å². The second-order valence-electron chi connectivity index (χ2n) is 7.90. The molecule has 1 amide bonds. The van der Waals surface area contributed by atoms with E-state index in [1.165, 1.54) is 16.3 Å². The van der Waals surface area contributed by atoms with Gasteiger partial charge in [-0.2, -0.15) is 5.10 Å². The van der Waals surface area contributed by atoms with Gasteiger partial charge in [0.15, 0.2) is 0 Å². The summed E-state index contributed by atoms with van der Waals surface area (Å²) < 4.78 is 6.56. The summed E-state index contributed by atoms with van der Waals surface area (Å²) in [7, 11) is 1.62. The molecule has 0 atom stereocenters. The highest BCUT2D eigenvalue weighted by Gasteiger charge is 2.21. The third-order valence-electron chi connectivity index (χ3n) is 5.76. The minimum atomic E-state index is -0.206. The van der Waals surface area contributed by atoms with Crippen molar-refractivity contribution in [2.45, 2.75) is 19.5 Å². The fourth-order valence-electron chi connectivity index (χ4n) is 3.88. The van der Waals surface area contributed by atoms with Crippen molar-refractivity contribution in [1.29, 1.82) is 0 Å². The number of rotatable bonds is 7. The Bertz CT molecular complexity index is 1090. The molecule has 0 saturated carbocycles. The van der Waals surface area contributed by atoms with Gasteiger partial charge in [-0.1, -0.05) is 30.3 Å². The molecule has 7 heteroatoms. The molecule has 0 spiro atoms. The summed E-state index contributed by atoms with van der Waals surface area (Å²) in [5.41, 5.74) is 2.66. The monoisotopic (exact) mass is 432 g/mol. The zero-order valence-electron chi connectivity index (χ0n) is 18.3. The Morgan fingerprint density at radius 2 is 1.66 bits per heavy atom. The van der Waals surface area contributed by atoms with E-state index in [1.807, 2.05) is 35.2 Å². The number of nitrogens with zero attached hydrogens (tertiary/aromatic N) is 4. The molecule has 0 unspecified atom stereocenters. The maximum atomic E-state index is 12.7. The van der Waals surface area contributed by atoms with Crippen molar-refractivity contribution < 1.29 is 9.53 Å². The number of carbonyl (C=O) groups excluding carboxylic acids is 1. The first-order valence-electron chi connectivity index (χ1n) is 10.9. The number of amides is 1. The Labute approximate surface area is 187 Å². The molecule has 1 fully saturated rings. The number of hydrogen-bond donors (Lipinski definition) is 0. The van der Waals surface area contributed by atoms with Crippen LogP contribution in [-0.4, -0.2) is 58.8 Å². The van der Waals surface area contributed by atoms with Gasteiger partial charge >= 0.3 is 0 Å². The zero-order valence-corrected chi connectivity index (χ0v) is 18.3. The third-order valence-corrected chi connectivity index (χ3v) is 5.76. The molecule has 1 aliphatic heterocycles. The van der Waals surface area contributed by atoms with Crippen LogP contribution in [0.4, 0.5) is 0 Å². The van der Waals surface area contributed by atoms with Gasteiger partial charge in [0, 0.05) is 50.8 Å². The number of aromatic nitrogens is 2. The first-order valence-corrected chi connectivity index (χ1v) is 10.9. The van der Waals surface area contributed by atoms with Crippen LogP contribution in [0.15, 0.2) is 71.5 Å². The SMILES string of the molecule is COc1ccc(-c2ccc(=O)n(CCC(=O)N3CCN(Cc4ccccc4)CC3)n2)cc1. The predicted octanol–water partition coefficient (Wildman–Crippen LogP) is 2.65. The molecule has 2 aromatic carbocycles. The van der Waals surface area contributed by atoms with Crippen molar-refractivity contribution in [3.8, 4) is 17.0 Å². The van der Waals surface area contributed by atoms with Crippen molar-refractivity contribution in [3.63, 3.8) is 0 Å². The lowest BCUT2D eigenvalue weighted by molar-refractivity contribution is -0.133. The molecule has 166 valence electrons. The Kier molecular flexibility index (Phi) is 6.97. The number of ether oxygens (including phenoxy) is 1. The number of methoxy groups -OCH3 is 1. The molecule has 0 bridgehead atoms. The summed E-state index contributed by atoms with van der Waals surface area (Å²) in [6, 6.07) is 21.1. The van der Waals surface area contributed by atoms with Gasteiger partial charge in [-0.05, 0) is 35.9 Å². The molecule has 4 rings (SSSR count). The number of aryl methyl sites for hydroxylation is 1. The average molecular weight is 433 g/mol. The minimum absolute atomic E-state index is 0.0629. The lowest BCUT2D eigenvalue weighted by atomic mass is 10.1. The van der Waals surface area contributed by atoms with Gasteiger partial charge in [0.1, 0.15) is 5.75 Å². The van der Waals surface area contributed by atoms with Crippen LogP contribution in [0.2, 0.25) is 0 Å². The van der Waals surface area contributed by atoms with Crippen molar-refractivity contribution >= 4 is 5.91 Å². The van der Waals surface area contributed by atoms with E-state index in [0.29, 0.717) is 18.8 Å². The summed E-state index contributed by atoms with van der Waals surface area (Å²) >= 11 is 0. The smallest absolute Gasteiger partial charge is 0.266 e. The molecule has 1 aromatic heterocycles. The molecule has 0 N–H and O–H groups in total. The topological polar surface area (TPSA) is 67.7 Å². The van der Waals surface area contributed by atoms with E-state index in [2.05, 4.69) is 34.3 Å². The molecule has 7 nitrogen and oxygen atoms in total. The second kappa shape index (κ2) is 10.2. The summed E-state index contributed by atoms with van der Waals surface area (Å²) in [4.78, 5) is 29.2. The van der Waals surface area contributed by atoms with E-state index in [1.54, 1.807) is 13.2 Å². The van der Waals surface area contributed by atoms with Gasteiger partial charge in [-0.15, -0.1) is 0 Å². The standard InChI is InChI=1S/C25H28N4O3/c1-32-22-9-7-21(8-10-22)23-11-12-25(31)29(26-23)14-13-24(30)28-17-15-27(16-18-28)19-20-5-3-2-4-6-20/h2-12H,13-19H2,1H3. The highest BCUT2D eigenvalue weighted by molar-refractivity contribution is 5.76. The molecule has 0 aliphatic carbocycles. The first kappa shape index (κ1) is 21.8. The van der Waals surface area contributed by atoms with Crippen LogP contribution < -0.4 is 10.3 Å². The molecular formula is C25H28N4O3. The normalized spacial score (nSPS) is 14.3. The van der Waals surface area contributed by atoms with E-state index in [4.69, 9.17) is 4.74 Å². The van der Waals surface area contributed by atoms with Crippen LogP contribution >= 0.6 is 0 Å². The zero-order chi connectivity index (χ0) is 22.3. The van der Waals surface area contributed by atoms with Crippen molar-refractivity contribution in [3.05, 3.63) is 82.6 Å². The average Bonchev–Trinajstić information content (AvgIpc) is 2.84. The summed E-state index contributed by atoms with van der Waals surface area (Å²) in [5.74, 6) is 0.824. The second-order valence-corrected chi connectivity index (χ2v) is 7.90. The molecule has 2 heterocycles.